The van der Waals surface area contributed by atoms with Crippen LogP contribution in [0.2, 0.25) is 0 Å². The Hall–Kier alpha value is -3.27. The lowest BCUT2D eigenvalue weighted by molar-refractivity contribution is 0.101. The molecule has 10 nitrogen and oxygen atoms in total. The van der Waals surface area contributed by atoms with Crippen molar-refractivity contribution in [3.05, 3.63) is 47.9 Å². The molecule has 3 heterocycles. The first-order chi connectivity index (χ1) is 14.1. The topological polar surface area (TPSA) is 120 Å². The van der Waals surface area contributed by atoms with Crippen LogP contribution in [0.1, 0.15) is 47.1 Å². The van der Waals surface area contributed by atoms with E-state index in [0.717, 1.165) is 25.0 Å². The number of nitrogens with zero attached hydrogens (tertiary/aromatic N) is 5. The summed E-state index contributed by atoms with van der Waals surface area (Å²) in [5.74, 6) is 1.20. The van der Waals surface area contributed by atoms with Crippen LogP contribution in [0.15, 0.2) is 30.9 Å². The number of rotatable bonds is 7. The van der Waals surface area contributed by atoms with Crippen molar-refractivity contribution in [2.75, 3.05) is 12.4 Å². The Morgan fingerprint density at radius 3 is 2.93 bits per heavy atom. The Labute approximate surface area is 167 Å². The molecule has 1 saturated carbocycles. The van der Waals surface area contributed by atoms with Gasteiger partial charge in [0.25, 0.3) is 5.91 Å². The van der Waals surface area contributed by atoms with Crippen LogP contribution >= 0.6 is 0 Å². The predicted molar refractivity (Wildman–Crippen MR) is 104 cm³/mol. The van der Waals surface area contributed by atoms with Gasteiger partial charge in [-0.15, -0.1) is 0 Å². The van der Waals surface area contributed by atoms with Crippen molar-refractivity contribution in [1.82, 2.24) is 29.9 Å². The Bertz CT molecular complexity index is 969. The molecule has 0 spiro atoms. The van der Waals surface area contributed by atoms with Crippen molar-refractivity contribution in [2.45, 2.75) is 37.9 Å². The summed E-state index contributed by atoms with van der Waals surface area (Å²) in [6.07, 6.45) is 7.72. The molecule has 3 aromatic heterocycles. The number of hydrogen-bond donors (Lipinski definition) is 2. The van der Waals surface area contributed by atoms with Gasteiger partial charge in [-0.2, -0.15) is 10.2 Å². The highest BCUT2D eigenvalue weighted by Crippen LogP contribution is 2.36. The minimum atomic E-state index is -0.267. The van der Waals surface area contributed by atoms with Gasteiger partial charge in [0, 0.05) is 31.8 Å². The van der Waals surface area contributed by atoms with E-state index < -0.39 is 0 Å². The maximum absolute atomic E-state index is 12.5. The van der Waals surface area contributed by atoms with Gasteiger partial charge in [-0.1, -0.05) is 0 Å². The number of nitrogens with one attached hydrogen (secondary N) is 2. The molecule has 1 aliphatic rings. The number of H-pyrrole nitrogens is 1. The number of aryl methyl sites for hydroxylation is 1. The van der Waals surface area contributed by atoms with E-state index in [0.29, 0.717) is 35.5 Å². The number of hydrogen-bond acceptors (Lipinski definition) is 7. The molecule has 0 unspecified atom stereocenters. The van der Waals surface area contributed by atoms with E-state index in [1.54, 1.807) is 32.6 Å². The summed E-state index contributed by atoms with van der Waals surface area (Å²) in [5.41, 5.74) is 2.13. The minimum absolute atomic E-state index is 0.112. The number of ether oxygens (including phenoxy) is 2. The van der Waals surface area contributed by atoms with Crippen molar-refractivity contribution in [3.63, 3.8) is 0 Å². The molecule has 10 heteroatoms. The molecule has 4 rings (SSSR count). The van der Waals surface area contributed by atoms with E-state index in [2.05, 4.69) is 30.6 Å². The number of aromatic amines is 1. The highest BCUT2D eigenvalue weighted by Gasteiger charge is 2.29. The minimum Gasteiger partial charge on any atom is -0.487 e. The lowest BCUT2D eigenvalue weighted by Crippen LogP contribution is -2.16. The van der Waals surface area contributed by atoms with Gasteiger partial charge >= 0.3 is 0 Å². The molecule has 0 radical (unpaired) electrons. The van der Waals surface area contributed by atoms with Crippen LogP contribution in [0.5, 0.6) is 5.75 Å². The average Bonchev–Trinajstić information content (AvgIpc) is 3.43. The van der Waals surface area contributed by atoms with Gasteiger partial charge < -0.3 is 14.8 Å². The number of aromatic nitrogens is 6. The maximum atomic E-state index is 12.5. The van der Waals surface area contributed by atoms with Crippen LogP contribution in [0.25, 0.3) is 0 Å². The third-order valence-corrected chi connectivity index (χ3v) is 4.96. The monoisotopic (exact) mass is 397 g/mol. The van der Waals surface area contributed by atoms with Crippen LogP contribution in [0.3, 0.4) is 0 Å². The maximum Gasteiger partial charge on any atom is 0.275 e. The zero-order chi connectivity index (χ0) is 20.2. The van der Waals surface area contributed by atoms with E-state index in [4.69, 9.17) is 9.47 Å². The molecule has 1 aliphatic carbocycles. The Morgan fingerprint density at radius 2 is 2.14 bits per heavy atom. The molecule has 2 atom stereocenters. The summed E-state index contributed by atoms with van der Waals surface area (Å²) in [6.45, 7) is 0.355. The highest BCUT2D eigenvalue weighted by molar-refractivity contribution is 6.02. The van der Waals surface area contributed by atoms with Crippen LogP contribution in [-0.2, 0) is 18.4 Å². The lowest BCUT2D eigenvalue weighted by atomic mass is 10.0. The van der Waals surface area contributed by atoms with Crippen LogP contribution < -0.4 is 10.1 Å². The predicted octanol–water partition coefficient (Wildman–Crippen LogP) is 2.05. The molecular formula is C19H23N7O3. The lowest BCUT2D eigenvalue weighted by Gasteiger charge is -2.12. The number of methoxy groups -OCH3 is 1. The fraction of sp³-hybridized carbons (Fsp3) is 0.421. The number of carbonyl (C=O) groups is 1. The third-order valence-electron chi connectivity index (χ3n) is 4.96. The summed E-state index contributed by atoms with van der Waals surface area (Å²) >= 11 is 0. The summed E-state index contributed by atoms with van der Waals surface area (Å²) in [5, 5.41) is 14.4. The van der Waals surface area contributed by atoms with Crippen molar-refractivity contribution < 1.29 is 14.3 Å². The Balaban J connectivity index is 1.36. The van der Waals surface area contributed by atoms with E-state index in [1.807, 2.05) is 6.07 Å². The van der Waals surface area contributed by atoms with Crippen molar-refractivity contribution in [1.29, 1.82) is 0 Å². The second-order valence-electron chi connectivity index (χ2n) is 7.06. The number of amides is 1. The molecule has 0 bridgehead atoms. The molecule has 0 saturated heterocycles. The highest BCUT2D eigenvalue weighted by atomic mass is 16.5. The summed E-state index contributed by atoms with van der Waals surface area (Å²) in [4.78, 5) is 20.5. The van der Waals surface area contributed by atoms with Crippen LogP contribution in [0, 0.1) is 0 Å². The molecule has 1 amide bonds. The molecular weight excluding hydrogens is 374 g/mol. The normalized spacial score (nSPS) is 18.7. The Kier molecular flexibility index (Phi) is 5.52. The second kappa shape index (κ2) is 8.39. The molecule has 29 heavy (non-hydrogen) atoms. The van der Waals surface area contributed by atoms with E-state index in [-0.39, 0.29) is 12.0 Å². The van der Waals surface area contributed by atoms with Gasteiger partial charge in [-0.25, -0.2) is 9.97 Å². The van der Waals surface area contributed by atoms with Crippen LogP contribution in [0.4, 0.5) is 5.82 Å². The summed E-state index contributed by atoms with van der Waals surface area (Å²) in [7, 11) is 3.31. The van der Waals surface area contributed by atoms with Gasteiger partial charge in [-0.3, -0.25) is 14.6 Å². The van der Waals surface area contributed by atoms with Crippen molar-refractivity contribution >= 4 is 11.7 Å². The summed E-state index contributed by atoms with van der Waals surface area (Å²) < 4.78 is 12.5. The smallest absolute Gasteiger partial charge is 0.275 e. The van der Waals surface area contributed by atoms with Crippen molar-refractivity contribution in [3.8, 4) is 5.75 Å². The SMILES string of the molecule is COCc1cc(C(=O)Nc2cc([C@H]3CC[C@@H](Oc4cncnc4)C3)[nH]n2)n(C)n1. The van der Waals surface area contributed by atoms with E-state index >= 15 is 0 Å². The number of carbonyl (C=O) groups excluding carboxylic acids is 1. The van der Waals surface area contributed by atoms with Gasteiger partial charge in [0.15, 0.2) is 11.6 Å². The zero-order valence-corrected chi connectivity index (χ0v) is 16.3. The van der Waals surface area contributed by atoms with Gasteiger partial charge in [0.1, 0.15) is 12.0 Å². The molecule has 2 N–H and O–H groups in total. The molecule has 1 fully saturated rings. The van der Waals surface area contributed by atoms with E-state index in [1.165, 1.54) is 11.0 Å². The van der Waals surface area contributed by atoms with Crippen molar-refractivity contribution in [2.24, 2.45) is 7.05 Å². The standard InChI is InChI=1S/C19H23N7O3/c1-26-17(6-13(25-26)10-28-2)19(27)22-18-7-16(23-24-18)12-3-4-14(5-12)29-15-8-20-11-21-9-15/h6-9,11-12,14H,3-5,10H2,1-2H3,(H2,22,23,24,27)/t12-,14+/m0/s1. The largest absolute Gasteiger partial charge is 0.487 e. The Morgan fingerprint density at radius 1 is 1.31 bits per heavy atom. The molecule has 0 aliphatic heterocycles. The first kappa shape index (κ1) is 19.1. The summed E-state index contributed by atoms with van der Waals surface area (Å²) in [6, 6.07) is 3.58. The quantitative estimate of drug-likeness (QED) is 0.626. The molecule has 0 aromatic carbocycles. The first-order valence-electron chi connectivity index (χ1n) is 9.42. The van der Waals surface area contributed by atoms with Gasteiger partial charge in [0.2, 0.25) is 0 Å². The molecule has 3 aromatic rings. The van der Waals surface area contributed by atoms with E-state index in [9.17, 15) is 4.79 Å². The average molecular weight is 397 g/mol. The van der Waals surface area contributed by atoms with Crippen LogP contribution in [-0.4, -0.2) is 49.1 Å². The molecule has 152 valence electrons. The fourth-order valence-electron chi connectivity index (χ4n) is 3.62. The zero-order valence-electron chi connectivity index (χ0n) is 16.3. The van der Waals surface area contributed by atoms with Gasteiger partial charge in [-0.05, 0) is 25.3 Å². The first-order valence-corrected chi connectivity index (χ1v) is 9.42. The fourth-order valence-corrected chi connectivity index (χ4v) is 3.62. The second-order valence-corrected chi connectivity index (χ2v) is 7.06. The van der Waals surface area contributed by atoms with Gasteiger partial charge in [0.05, 0.1) is 30.8 Å². The third kappa shape index (κ3) is 4.43. The number of anilines is 1.